The second kappa shape index (κ2) is 3.91. The minimum atomic E-state index is -5.13. The monoisotopic (exact) mass is 273 g/mol. The molecule has 8 nitrogen and oxygen atoms in total. The molecule has 1 rings (SSSR count). The summed E-state index contributed by atoms with van der Waals surface area (Å²) in [6.07, 6.45) is -0.807. The third-order valence-electron chi connectivity index (χ3n) is 2.66. The van der Waals surface area contributed by atoms with Crippen LogP contribution in [0, 0.1) is 0 Å². The topological polar surface area (TPSA) is 135 Å². The van der Waals surface area contributed by atoms with E-state index in [1.165, 1.54) is 6.92 Å². The smallest absolute Gasteiger partial charge is 0.322 e. The first-order valence-corrected chi connectivity index (χ1v) is 7.72. The van der Waals surface area contributed by atoms with Crippen LogP contribution in [0.25, 0.3) is 0 Å². The lowest BCUT2D eigenvalue weighted by Gasteiger charge is -2.37. The first-order chi connectivity index (χ1) is 7.08. The highest BCUT2D eigenvalue weighted by molar-refractivity contribution is 7.72. The summed E-state index contributed by atoms with van der Waals surface area (Å²) in [6, 6.07) is 0. The van der Waals surface area contributed by atoms with Gasteiger partial charge in [-0.3, -0.25) is 13.9 Å². The molecule has 1 fully saturated rings. The number of hydrogen-bond acceptors (Lipinski definition) is 3. The summed E-state index contributed by atoms with van der Waals surface area (Å²) in [5, 5.41) is -2.67. The molecule has 0 bridgehead atoms. The Balaban J connectivity index is 3.44. The third-order valence-corrected chi connectivity index (χ3v) is 7.02. The Morgan fingerprint density at radius 2 is 1.69 bits per heavy atom. The lowest BCUT2D eigenvalue weighted by molar-refractivity contribution is -0.128. The molecule has 94 valence electrons. The number of carbonyl (C=O) groups is 1. The van der Waals surface area contributed by atoms with Crippen LogP contribution in [0.4, 0.5) is 0 Å². The van der Waals surface area contributed by atoms with Gasteiger partial charge in [-0.2, -0.15) is 0 Å². The van der Waals surface area contributed by atoms with Crippen LogP contribution < -0.4 is 0 Å². The van der Waals surface area contributed by atoms with E-state index in [9.17, 15) is 13.9 Å². The molecule has 16 heavy (non-hydrogen) atoms. The van der Waals surface area contributed by atoms with E-state index in [2.05, 4.69) is 0 Å². The molecule has 1 aliphatic rings. The average Bonchev–Trinajstić information content (AvgIpc) is 2.40. The van der Waals surface area contributed by atoms with E-state index in [-0.39, 0.29) is 13.0 Å². The molecule has 0 unspecified atom stereocenters. The minimum Gasteiger partial charge on any atom is -0.322 e. The Labute approximate surface area is 91.6 Å². The standard InChI is InChI=1S/C6H13NO7P2/c1-2-7-5(8)3-4-6(7,15(9,10)11)16(12,13)14/h2-4H2,1H3,(H2,9,10,11)(H2,12,13,14). The lowest BCUT2D eigenvalue weighted by atomic mass is 10.4. The maximum absolute atomic E-state index is 11.4. The van der Waals surface area contributed by atoms with Gasteiger partial charge in [-0.1, -0.05) is 0 Å². The van der Waals surface area contributed by atoms with E-state index in [1.54, 1.807) is 0 Å². The summed E-state index contributed by atoms with van der Waals surface area (Å²) in [4.78, 5) is 48.5. The highest BCUT2D eigenvalue weighted by atomic mass is 31.2. The fraction of sp³-hybridized carbons (Fsp3) is 0.833. The second-order valence-electron chi connectivity index (χ2n) is 3.50. The minimum absolute atomic E-state index is 0.158. The van der Waals surface area contributed by atoms with Gasteiger partial charge in [-0.25, -0.2) is 0 Å². The number of amides is 1. The predicted octanol–water partition coefficient (Wildman–Crippen LogP) is -0.362. The molecule has 10 heteroatoms. The zero-order chi connectivity index (χ0) is 12.8. The molecular weight excluding hydrogens is 260 g/mol. The fourth-order valence-electron chi connectivity index (χ4n) is 1.95. The molecule has 0 aliphatic carbocycles. The van der Waals surface area contributed by atoms with Crippen molar-refractivity contribution in [2.24, 2.45) is 0 Å². The molecule has 1 heterocycles. The van der Waals surface area contributed by atoms with Crippen molar-refractivity contribution in [1.29, 1.82) is 0 Å². The van der Waals surface area contributed by atoms with Gasteiger partial charge in [0.15, 0.2) is 0 Å². The van der Waals surface area contributed by atoms with Gasteiger partial charge in [0, 0.05) is 19.4 Å². The van der Waals surface area contributed by atoms with Crippen LogP contribution in [0.1, 0.15) is 19.8 Å². The molecule has 4 N–H and O–H groups in total. The maximum atomic E-state index is 11.4. The Hall–Kier alpha value is -0.230. The Bertz CT molecular complexity index is 374. The molecule has 0 aromatic rings. The van der Waals surface area contributed by atoms with Crippen molar-refractivity contribution in [1.82, 2.24) is 4.90 Å². The normalized spacial score (nSPS) is 21.6. The zero-order valence-electron chi connectivity index (χ0n) is 8.48. The lowest BCUT2D eigenvalue weighted by Crippen LogP contribution is -2.45. The van der Waals surface area contributed by atoms with Gasteiger partial charge in [0.05, 0.1) is 0 Å². The molecule has 0 atom stereocenters. The van der Waals surface area contributed by atoms with Crippen LogP contribution in [-0.4, -0.2) is 41.9 Å². The van der Waals surface area contributed by atoms with E-state index in [0.717, 1.165) is 0 Å². The van der Waals surface area contributed by atoms with Gasteiger partial charge in [0.2, 0.25) is 10.9 Å². The first-order valence-electron chi connectivity index (χ1n) is 4.49. The van der Waals surface area contributed by atoms with Crippen molar-refractivity contribution >= 4 is 21.1 Å². The number of likely N-dealkylation sites (tertiary alicyclic amines) is 1. The Morgan fingerprint density at radius 3 is 1.94 bits per heavy atom. The third kappa shape index (κ3) is 1.76. The van der Waals surface area contributed by atoms with E-state index >= 15 is 0 Å². The SMILES string of the molecule is CCN1C(=O)CCC1(P(=O)(O)O)P(=O)(O)O. The zero-order valence-corrected chi connectivity index (χ0v) is 10.3. The molecule has 0 saturated carbocycles. The Morgan fingerprint density at radius 1 is 1.25 bits per heavy atom. The van der Waals surface area contributed by atoms with E-state index in [4.69, 9.17) is 19.6 Å². The van der Waals surface area contributed by atoms with Crippen LogP contribution in [0.5, 0.6) is 0 Å². The van der Waals surface area contributed by atoms with E-state index < -0.39 is 32.5 Å². The van der Waals surface area contributed by atoms with E-state index in [0.29, 0.717) is 4.90 Å². The average molecular weight is 273 g/mol. The van der Waals surface area contributed by atoms with Crippen LogP contribution in [0.3, 0.4) is 0 Å². The van der Waals surface area contributed by atoms with Crippen molar-refractivity contribution in [2.45, 2.75) is 24.8 Å². The van der Waals surface area contributed by atoms with Crippen LogP contribution in [-0.2, 0) is 13.9 Å². The number of nitrogens with zero attached hydrogens (tertiary/aromatic N) is 1. The summed E-state index contributed by atoms with van der Waals surface area (Å²) in [6.45, 7) is 1.25. The summed E-state index contributed by atoms with van der Waals surface area (Å²) in [5.41, 5.74) is 0. The number of carbonyl (C=O) groups excluding carboxylic acids is 1. The molecule has 0 aromatic carbocycles. The second-order valence-corrected chi connectivity index (χ2v) is 7.51. The van der Waals surface area contributed by atoms with E-state index in [1.807, 2.05) is 0 Å². The van der Waals surface area contributed by atoms with Gasteiger partial charge in [-0.15, -0.1) is 0 Å². The highest BCUT2D eigenvalue weighted by Gasteiger charge is 2.67. The first kappa shape index (κ1) is 13.8. The van der Waals surface area contributed by atoms with Gasteiger partial charge < -0.3 is 24.5 Å². The van der Waals surface area contributed by atoms with Gasteiger partial charge in [0.1, 0.15) is 0 Å². The summed E-state index contributed by atoms with van der Waals surface area (Å²) in [5.74, 6) is -0.658. The van der Waals surface area contributed by atoms with Crippen LogP contribution in [0.2, 0.25) is 0 Å². The predicted molar refractivity (Wildman–Crippen MR) is 53.4 cm³/mol. The largest absolute Gasteiger partial charge is 0.363 e. The number of rotatable bonds is 3. The van der Waals surface area contributed by atoms with Gasteiger partial charge in [-0.05, 0) is 6.92 Å². The molecule has 0 aromatic heterocycles. The van der Waals surface area contributed by atoms with Crippen molar-refractivity contribution in [2.75, 3.05) is 6.54 Å². The summed E-state index contributed by atoms with van der Waals surface area (Å²) >= 11 is 0. The fourth-order valence-corrected chi connectivity index (χ4v) is 5.25. The van der Waals surface area contributed by atoms with Crippen molar-refractivity contribution in [3.63, 3.8) is 0 Å². The van der Waals surface area contributed by atoms with Gasteiger partial charge in [0.25, 0.3) is 0 Å². The highest BCUT2D eigenvalue weighted by Crippen LogP contribution is 2.73. The molecular formula is C6H13NO7P2. The van der Waals surface area contributed by atoms with Crippen molar-refractivity contribution in [3.05, 3.63) is 0 Å². The van der Waals surface area contributed by atoms with Crippen molar-refractivity contribution < 1.29 is 33.5 Å². The number of hydrogen-bond donors (Lipinski definition) is 4. The maximum Gasteiger partial charge on any atom is 0.363 e. The molecule has 1 aliphatic heterocycles. The quantitative estimate of drug-likeness (QED) is 0.515. The molecule has 1 amide bonds. The van der Waals surface area contributed by atoms with Gasteiger partial charge >= 0.3 is 15.2 Å². The molecule has 0 spiro atoms. The van der Waals surface area contributed by atoms with Crippen molar-refractivity contribution in [3.8, 4) is 0 Å². The summed E-state index contributed by atoms with van der Waals surface area (Å²) < 4.78 is 22.7. The molecule has 0 radical (unpaired) electrons. The Kier molecular flexibility index (Phi) is 3.38. The van der Waals surface area contributed by atoms with Crippen LogP contribution in [0.15, 0.2) is 0 Å². The molecule has 1 saturated heterocycles. The summed E-state index contributed by atoms with van der Waals surface area (Å²) in [7, 11) is -10.3. The van der Waals surface area contributed by atoms with Crippen LogP contribution >= 0.6 is 15.2 Å².